The molecule has 0 saturated carbocycles. The highest BCUT2D eigenvalue weighted by Crippen LogP contribution is 2.38. The number of rotatable bonds is 7. The summed E-state index contributed by atoms with van der Waals surface area (Å²) < 4.78 is 0. The number of benzene rings is 1. The van der Waals surface area contributed by atoms with Crippen molar-refractivity contribution < 1.29 is 0 Å². The van der Waals surface area contributed by atoms with Gasteiger partial charge in [-0.1, -0.05) is 102 Å². The second-order valence-corrected chi connectivity index (χ2v) is 19.3. The van der Waals surface area contributed by atoms with Gasteiger partial charge in [0.05, 0.1) is 8.07 Å². The zero-order valence-electron chi connectivity index (χ0n) is 15.1. The van der Waals surface area contributed by atoms with E-state index in [-0.39, 0.29) is 0 Å². The molecule has 1 aromatic carbocycles. The Morgan fingerprint density at radius 3 is 2.05 bits per heavy atom. The monoisotopic (exact) mass is 318 g/mol. The maximum Gasteiger partial charge on any atom is 0.0519 e. The van der Waals surface area contributed by atoms with Gasteiger partial charge in [0, 0.05) is 8.07 Å². The summed E-state index contributed by atoms with van der Waals surface area (Å²) in [6.45, 7) is 17.6. The van der Waals surface area contributed by atoms with Crippen molar-refractivity contribution in [2.45, 2.75) is 64.2 Å². The Balaban J connectivity index is 2.98. The van der Waals surface area contributed by atoms with E-state index in [9.17, 15) is 0 Å². The average Bonchev–Trinajstić information content (AvgIpc) is 2.37. The molecular formula is C19H34Si2. The molecule has 2 unspecified atom stereocenters. The van der Waals surface area contributed by atoms with Gasteiger partial charge in [-0.25, -0.2) is 0 Å². The van der Waals surface area contributed by atoms with Gasteiger partial charge in [0.1, 0.15) is 0 Å². The van der Waals surface area contributed by atoms with E-state index < -0.39 is 16.1 Å². The molecule has 0 N–H and O–H groups in total. The quantitative estimate of drug-likeness (QED) is 0.490. The molecule has 1 rings (SSSR count). The zero-order valence-corrected chi connectivity index (χ0v) is 17.1. The molecule has 0 aliphatic heterocycles. The first-order valence-corrected chi connectivity index (χ1v) is 15.3. The van der Waals surface area contributed by atoms with Crippen molar-refractivity contribution in [2.75, 3.05) is 0 Å². The fraction of sp³-hybridized carbons (Fsp3) is 0.579. The summed E-state index contributed by atoms with van der Waals surface area (Å²) >= 11 is 0. The smallest absolute Gasteiger partial charge is 0.0519 e. The van der Waals surface area contributed by atoms with Crippen molar-refractivity contribution in [3.05, 3.63) is 42.0 Å². The van der Waals surface area contributed by atoms with Gasteiger partial charge in [-0.05, 0) is 16.6 Å². The van der Waals surface area contributed by atoms with Gasteiger partial charge in [-0.2, -0.15) is 0 Å². The largest absolute Gasteiger partial charge is 0.0861 e. The van der Waals surface area contributed by atoms with E-state index >= 15 is 0 Å². The van der Waals surface area contributed by atoms with E-state index in [4.69, 9.17) is 0 Å². The summed E-state index contributed by atoms with van der Waals surface area (Å²) in [4.78, 5) is 0. The van der Waals surface area contributed by atoms with Crippen LogP contribution >= 0.6 is 0 Å². The number of hydrogen-bond donors (Lipinski definition) is 0. The SMILES string of the molecule is CCC(C)C[Si](C)(C)C(/C=C/c1ccccc1)[Si](C)(C)C. The third-order valence-corrected chi connectivity index (χ3v) is 15.3. The molecule has 2 atom stereocenters. The minimum atomic E-state index is -1.23. The van der Waals surface area contributed by atoms with Crippen LogP contribution in [0, 0.1) is 5.92 Å². The van der Waals surface area contributed by atoms with Crippen molar-refractivity contribution in [3.63, 3.8) is 0 Å². The van der Waals surface area contributed by atoms with Crippen molar-refractivity contribution in [3.8, 4) is 0 Å². The molecule has 0 aliphatic rings. The number of allylic oxidation sites excluding steroid dienone is 1. The maximum atomic E-state index is 2.61. The van der Waals surface area contributed by atoms with E-state index in [1.54, 1.807) is 0 Å². The molecule has 0 spiro atoms. The van der Waals surface area contributed by atoms with Crippen LogP contribution in [0.3, 0.4) is 0 Å². The van der Waals surface area contributed by atoms with E-state index in [0.717, 1.165) is 11.1 Å². The van der Waals surface area contributed by atoms with E-state index in [2.05, 4.69) is 89.1 Å². The molecule has 0 bridgehead atoms. The van der Waals surface area contributed by atoms with Gasteiger partial charge in [-0.3, -0.25) is 0 Å². The first kappa shape index (κ1) is 18.4. The fourth-order valence-electron chi connectivity index (χ4n) is 3.66. The molecule has 2 heteroatoms. The Kier molecular flexibility index (Phi) is 6.67. The lowest BCUT2D eigenvalue weighted by Gasteiger charge is -2.40. The molecule has 0 aromatic heterocycles. The van der Waals surface area contributed by atoms with Crippen molar-refractivity contribution in [1.82, 2.24) is 0 Å². The lowest BCUT2D eigenvalue weighted by atomic mass is 10.2. The van der Waals surface area contributed by atoms with E-state index in [1.807, 2.05) is 0 Å². The number of hydrogen-bond acceptors (Lipinski definition) is 0. The topological polar surface area (TPSA) is 0 Å². The van der Waals surface area contributed by atoms with Crippen molar-refractivity contribution in [1.29, 1.82) is 0 Å². The standard InChI is InChI=1S/C19H34Si2/c1-8-17(2)16-21(6,7)19(20(3,4)5)15-14-18-12-10-9-11-13-18/h9-15,17,19H,8,16H2,1-7H3/b15-14+. The molecule has 0 fully saturated rings. The van der Waals surface area contributed by atoms with E-state index in [1.165, 1.54) is 18.0 Å². The lowest BCUT2D eigenvalue weighted by Crippen LogP contribution is -2.45. The highest BCUT2D eigenvalue weighted by Gasteiger charge is 2.39. The summed E-state index contributed by atoms with van der Waals surface area (Å²) in [7, 11) is -2.41. The van der Waals surface area contributed by atoms with Crippen LogP contribution in [0.25, 0.3) is 6.08 Å². The summed E-state index contributed by atoms with van der Waals surface area (Å²) in [5.41, 5.74) is 1.34. The first-order chi connectivity index (χ1) is 9.66. The molecule has 0 radical (unpaired) electrons. The Bertz CT molecular complexity index is 440. The molecule has 0 nitrogen and oxygen atoms in total. The molecule has 0 saturated heterocycles. The van der Waals surface area contributed by atoms with Crippen molar-refractivity contribution in [2.24, 2.45) is 5.92 Å². The molecule has 1 aromatic rings. The van der Waals surface area contributed by atoms with Gasteiger partial charge < -0.3 is 0 Å². The van der Waals surface area contributed by atoms with Gasteiger partial charge in [0.2, 0.25) is 0 Å². The predicted molar refractivity (Wildman–Crippen MR) is 104 cm³/mol. The van der Waals surface area contributed by atoms with Gasteiger partial charge in [0.25, 0.3) is 0 Å². The molecule has 0 amide bonds. The normalized spacial score (nSPS) is 16.1. The molecule has 21 heavy (non-hydrogen) atoms. The molecular weight excluding hydrogens is 284 g/mol. The van der Waals surface area contributed by atoms with E-state index in [0.29, 0.717) is 0 Å². The van der Waals surface area contributed by atoms with Crippen LogP contribution in [0.4, 0.5) is 0 Å². The minimum absolute atomic E-state index is 0.846. The van der Waals surface area contributed by atoms with Gasteiger partial charge >= 0.3 is 0 Å². The Morgan fingerprint density at radius 1 is 1.00 bits per heavy atom. The van der Waals surface area contributed by atoms with Crippen LogP contribution in [0.5, 0.6) is 0 Å². The summed E-state index contributed by atoms with van der Waals surface area (Å²) in [5.74, 6) is 0.871. The predicted octanol–water partition coefficient (Wildman–Crippen LogP) is 6.70. The molecule has 0 heterocycles. The van der Waals surface area contributed by atoms with Crippen LogP contribution in [0.15, 0.2) is 36.4 Å². The highest BCUT2D eigenvalue weighted by molar-refractivity contribution is 6.97. The van der Waals surface area contributed by atoms with Crippen LogP contribution in [0.2, 0.25) is 43.9 Å². The summed E-state index contributed by atoms with van der Waals surface area (Å²) in [6.07, 6.45) is 6.25. The third-order valence-electron chi connectivity index (χ3n) is 4.63. The zero-order chi connectivity index (χ0) is 16.1. The summed E-state index contributed by atoms with van der Waals surface area (Å²) in [5, 5.41) is 0.846. The molecule has 118 valence electrons. The highest BCUT2D eigenvalue weighted by atomic mass is 28.4. The second-order valence-electron chi connectivity index (χ2n) is 8.32. The maximum absolute atomic E-state index is 2.61. The van der Waals surface area contributed by atoms with Crippen LogP contribution in [-0.2, 0) is 0 Å². The minimum Gasteiger partial charge on any atom is -0.0861 e. The second kappa shape index (κ2) is 7.59. The molecule has 0 aliphatic carbocycles. The fourth-order valence-corrected chi connectivity index (χ4v) is 17.0. The summed E-state index contributed by atoms with van der Waals surface area (Å²) in [6, 6.07) is 12.2. The van der Waals surface area contributed by atoms with Crippen LogP contribution in [0.1, 0.15) is 25.8 Å². The van der Waals surface area contributed by atoms with Crippen molar-refractivity contribution >= 4 is 22.2 Å². The Morgan fingerprint density at radius 2 is 1.57 bits per heavy atom. The van der Waals surface area contributed by atoms with Gasteiger partial charge in [-0.15, -0.1) is 0 Å². The first-order valence-electron chi connectivity index (χ1n) is 8.40. The van der Waals surface area contributed by atoms with Crippen LogP contribution < -0.4 is 0 Å². The Hall–Kier alpha value is -0.606. The Labute approximate surface area is 134 Å². The average molecular weight is 319 g/mol. The van der Waals surface area contributed by atoms with Gasteiger partial charge in [0.15, 0.2) is 0 Å². The van der Waals surface area contributed by atoms with Crippen LogP contribution in [-0.4, -0.2) is 16.1 Å². The lowest BCUT2D eigenvalue weighted by molar-refractivity contribution is 0.613. The third kappa shape index (κ3) is 5.95.